The molecule has 0 unspecified atom stereocenters. The Hall–Kier alpha value is -2.55. The molecule has 0 N–H and O–H groups in total. The molecule has 3 heteroatoms. The van der Waals surface area contributed by atoms with Crippen LogP contribution in [-0.2, 0) is 0 Å². The highest BCUT2D eigenvalue weighted by Gasteiger charge is 2.16. The normalized spacial score (nSPS) is 13.3. The Bertz CT molecular complexity index is 960. The molecule has 1 aliphatic rings. The Kier molecular flexibility index (Phi) is 3.45. The van der Waals surface area contributed by atoms with Gasteiger partial charge in [0.05, 0.1) is 11.2 Å². The minimum absolute atomic E-state index is 0.595. The molecule has 1 aromatic heterocycles. The third kappa shape index (κ3) is 2.41. The summed E-state index contributed by atoms with van der Waals surface area (Å²) in [7, 11) is 0. The number of ether oxygens (including phenoxy) is 2. The maximum Gasteiger partial charge on any atom is 0.162 e. The van der Waals surface area contributed by atoms with Gasteiger partial charge in [0.15, 0.2) is 11.5 Å². The van der Waals surface area contributed by atoms with E-state index in [1.165, 1.54) is 22.1 Å². The van der Waals surface area contributed by atoms with Gasteiger partial charge in [-0.3, -0.25) is 0 Å². The van der Waals surface area contributed by atoms with Gasteiger partial charge in [0.2, 0.25) is 0 Å². The molecular formula is C21H21NO2. The van der Waals surface area contributed by atoms with Crippen LogP contribution in [0.1, 0.15) is 22.3 Å². The zero-order valence-corrected chi connectivity index (χ0v) is 14.6. The molecule has 0 amide bonds. The smallest absolute Gasteiger partial charge is 0.162 e. The Balaban J connectivity index is 1.94. The minimum Gasteiger partial charge on any atom is -0.486 e. The number of fused-ring (bicyclic) bond motifs is 2. The van der Waals surface area contributed by atoms with Gasteiger partial charge >= 0.3 is 0 Å². The van der Waals surface area contributed by atoms with E-state index >= 15 is 0 Å². The van der Waals surface area contributed by atoms with E-state index in [4.69, 9.17) is 14.5 Å². The fourth-order valence-electron chi connectivity index (χ4n) is 3.59. The zero-order chi connectivity index (χ0) is 16.8. The van der Waals surface area contributed by atoms with Crippen molar-refractivity contribution in [3.63, 3.8) is 0 Å². The molecule has 0 fully saturated rings. The fraction of sp³-hybridized carbons (Fsp3) is 0.286. The van der Waals surface area contributed by atoms with Gasteiger partial charge in [0.1, 0.15) is 13.2 Å². The summed E-state index contributed by atoms with van der Waals surface area (Å²) in [5.41, 5.74) is 8.06. The zero-order valence-electron chi connectivity index (χ0n) is 14.6. The van der Waals surface area contributed by atoms with Crippen molar-refractivity contribution in [2.24, 2.45) is 0 Å². The summed E-state index contributed by atoms with van der Waals surface area (Å²) < 4.78 is 11.4. The molecule has 3 nitrogen and oxygen atoms in total. The molecule has 2 aromatic carbocycles. The molecular weight excluding hydrogens is 298 g/mol. The van der Waals surface area contributed by atoms with Crippen LogP contribution in [0.3, 0.4) is 0 Å². The van der Waals surface area contributed by atoms with Gasteiger partial charge in [-0.25, -0.2) is 4.98 Å². The summed E-state index contributed by atoms with van der Waals surface area (Å²) in [5, 5.41) is 1.25. The first-order valence-electron chi connectivity index (χ1n) is 8.32. The van der Waals surface area contributed by atoms with Crippen LogP contribution >= 0.6 is 0 Å². The first-order chi connectivity index (χ1) is 11.5. The molecule has 0 saturated carbocycles. The van der Waals surface area contributed by atoms with E-state index in [0.717, 1.165) is 33.8 Å². The largest absolute Gasteiger partial charge is 0.486 e. The molecule has 122 valence electrons. The SMILES string of the molecule is Cc1cc(C)c2c(C)cc(-c3cc4c(cc3C)OCCO4)nc2c1. The standard InChI is InChI=1S/C21H21NO2/c1-12-7-14(3)21-15(4)9-17(22-18(21)8-12)16-11-20-19(10-13(16)2)23-5-6-24-20/h7-11H,5-6H2,1-4H3. The van der Waals surface area contributed by atoms with Crippen LogP contribution in [0.25, 0.3) is 22.2 Å². The van der Waals surface area contributed by atoms with Gasteiger partial charge in [-0.2, -0.15) is 0 Å². The van der Waals surface area contributed by atoms with Crippen molar-refractivity contribution in [3.05, 3.63) is 52.6 Å². The Labute approximate surface area is 142 Å². The Morgan fingerprint density at radius 2 is 1.42 bits per heavy atom. The highest BCUT2D eigenvalue weighted by molar-refractivity contribution is 5.89. The molecule has 2 heterocycles. The number of hydrogen-bond donors (Lipinski definition) is 0. The number of aryl methyl sites for hydroxylation is 4. The summed E-state index contributed by atoms with van der Waals surface area (Å²) >= 11 is 0. The molecule has 0 aliphatic carbocycles. The lowest BCUT2D eigenvalue weighted by Gasteiger charge is -2.20. The second-order valence-corrected chi connectivity index (χ2v) is 6.61. The van der Waals surface area contributed by atoms with Gasteiger partial charge in [-0.15, -0.1) is 0 Å². The van der Waals surface area contributed by atoms with Gasteiger partial charge in [-0.1, -0.05) is 6.07 Å². The first-order valence-corrected chi connectivity index (χ1v) is 8.32. The van der Waals surface area contributed by atoms with Gasteiger partial charge < -0.3 is 9.47 Å². The van der Waals surface area contributed by atoms with Gasteiger partial charge in [-0.05, 0) is 74.2 Å². The summed E-state index contributed by atoms with van der Waals surface area (Å²) in [6.45, 7) is 9.72. The van der Waals surface area contributed by atoms with E-state index in [0.29, 0.717) is 13.2 Å². The third-order valence-corrected chi connectivity index (χ3v) is 4.61. The van der Waals surface area contributed by atoms with Gasteiger partial charge in [0, 0.05) is 10.9 Å². The van der Waals surface area contributed by atoms with Crippen molar-refractivity contribution in [2.75, 3.05) is 13.2 Å². The average Bonchev–Trinajstić information content (AvgIpc) is 2.53. The van der Waals surface area contributed by atoms with E-state index in [9.17, 15) is 0 Å². The van der Waals surface area contributed by atoms with Crippen LogP contribution in [-0.4, -0.2) is 18.2 Å². The van der Waals surface area contributed by atoms with Gasteiger partial charge in [0.25, 0.3) is 0 Å². The minimum atomic E-state index is 0.595. The van der Waals surface area contributed by atoms with Crippen LogP contribution < -0.4 is 9.47 Å². The van der Waals surface area contributed by atoms with Crippen LogP contribution in [0.5, 0.6) is 11.5 Å². The van der Waals surface area contributed by atoms with E-state index in [-0.39, 0.29) is 0 Å². The number of aromatic nitrogens is 1. The van der Waals surface area contributed by atoms with E-state index < -0.39 is 0 Å². The predicted octanol–water partition coefficient (Wildman–Crippen LogP) is 4.91. The number of pyridine rings is 1. The quantitative estimate of drug-likeness (QED) is 0.639. The monoisotopic (exact) mass is 319 g/mol. The summed E-state index contributed by atoms with van der Waals surface area (Å²) in [5.74, 6) is 1.63. The van der Waals surface area contributed by atoms with Crippen molar-refractivity contribution in [2.45, 2.75) is 27.7 Å². The second kappa shape index (κ2) is 5.52. The lowest BCUT2D eigenvalue weighted by Crippen LogP contribution is -2.15. The molecule has 0 radical (unpaired) electrons. The number of hydrogen-bond acceptors (Lipinski definition) is 3. The number of benzene rings is 2. The number of rotatable bonds is 1. The van der Waals surface area contributed by atoms with Crippen LogP contribution in [0.15, 0.2) is 30.3 Å². The summed E-state index contributed by atoms with van der Waals surface area (Å²) in [6.07, 6.45) is 0. The average molecular weight is 319 g/mol. The maximum atomic E-state index is 5.74. The lowest BCUT2D eigenvalue weighted by molar-refractivity contribution is 0.171. The second-order valence-electron chi connectivity index (χ2n) is 6.61. The van der Waals surface area contributed by atoms with Crippen LogP contribution in [0.4, 0.5) is 0 Å². The Morgan fingerprint density at radius 3 is 2.17 bits per heavy atom. The Morgan fingerprint density at radius 1 is 0.750 bits per heavy atom. The topological polar surface area (TPSA) is 31.4 Å². The predicted molar refractivity (Wildman–Crippen MR) is 97.1 cm³/mol. The number of nitrogens with zero attached hydrogens (tertiary/aromatic N) is 1. The molecule has 4 rings (SSSR count). The molecule has 24 heavy (non-hydrogen) atoms. The van der Waals surface area contributed by atoms with E-state index in [1.54, 1.807) is 0 Å². The van der Waals surface area contributed by atoms with Crippen molar-refractivity contribution in [1.82, 2.24) is 4.98 Å². The first kappa shape index (κ1) is 15.0. The third-order valence-electron chi connectivity index (χ3n) is 4.61. The summed E-state index contributed by atoms with van der Waals surface area (Å²) in [4.78, 5) is 4.94. The highest BCUT2D eigenvalue weighted by Crippen LogP contribution is 2.37. The van der Waals surface area contributed by atoms with Crippen LogP contribution in [0, 0.1) is 27.7 Å². The fourth-order valence-corrected chi connectivity index (χ4v) is 3.59. The maximum absolute atomic E-state index is 5.74. The molecule has 0 bridgehead atoms. The van der Waals surface area contributed by atoms with E-state index in [2.05, 4.69) is 52.0 Å². The molecule has 0 spiro atoms. The summed E-state index contributed by atoms with van der Waals surface area (Å²) in [6, 6.07) is 10.6. The van der Waals surface area contributed by atoms with Crippen molar-refractivity contribution in [3.8, 4) is 22.8 Å². The molecule has 0 atom stereocenters. The van der Waals surface area contributed by atoms with Crippen molar-refractivity contribution < 1.29 is 9.47 Å². The lowest BCUT2D eigenvalue weighted by atomic mass is 9.98. The van der Waals surface area contributed by atoms with Crippen molar-refractivity contribution >= 4 is 10.9 Å². The van der Waals surface area contributed by atoms with Crippen molar-refractivity contribution in [1.29, 1.82) is 0 Å². The molecule has 0 saturated heterocycles. The molecule has 3 aromatic rings. The molecule has 1 aliphatic heterocycles. The van der Waals surface area contributed by atoms with E-state index in [1.807, 2.05) is 6.07 Å². The van der Waals surface area contributed by atoms with Crippen LogP contribution in [0.2, 0.25) is 0 Å². The highest BCUT2D eigenvalue weighted by atomic mass is 16.6.